The smallest absolute Gasteiger partial charge is 0.0453 e. The second-order valence-corrected chi connectivity index (χ2v) is 5.38. The van der Waals surface area contributed by atoms with Gasteiger partial charge in [-0.3, -0.25) is 0 Å². The maximum atomic E-state index is 5.80. The van der Waals surface area contributed by atoms with E-state index in [1.807, 2.05) is 12.1 Å². The van der Waals surface area contributed by atoms with Crippen molar-refractivity contribution in [2.75, 3.05) is 5.73 Å². The molecule has 0 bridgehead atoms. The number of halogens is 1. The zero-order valence-corrected chi connectivity index (χ0v) is 9.58. The molecule has 2 N–H and O–H groups in total. The molecular formula is C9H12BrNS. The molecule has 0 unspecified atom stereocenters. The first kappa shape index (κ1) is 9.93. The van der Waals surface area contributed by atoms with Gasteiger partial charge in [0, 0.05) is 20.3 Å². The van der Waals surface area contributed by atoms with Crippen LogP contribution in [-0.2, 0) is 0 Å². The lowest BCUT2D eigenvalue weighted by Crippen LogP contribution is -1.92. The van der Waals surface area contributed by atoms with Gasteiger partial charge in [-0.25, -0.2) is 0 Å². The molecule has 3 heteroatoms. The first-order valence-corrected chi connectivity index (χ1v) is 5.48. The maximum Gasteiger partial charge on any atom is 0.0453 e. The van der Waals surface area contributed by atoms with E-state index >= 15 is 0 Å². The molecule has 0 heterocycles. The monoisotopic (exact) mass is 245 g/mol. The molecule has 0 aromatic heterocycles. The number of anilines is 1. The minimum absolute atomic E-state index is 0.571. The number of benzene rings is 1. The third-order valence-corrected chi connectivity index (χ3v) is 2.91. The highest BCUT2D eigenvalue weighted by Gasteiger charge is 2.02. The van der Waals surface area contributed by atoms with Gasteiger partial charge in [0.2, 0.25) is 0 Å². The van der Waals surface area contributed by atoms with E-state index in [0.717, 1.165) is 15.1 Å². The van der Waals surface area contributed by atoms with Crippen LogP contribution in [-0.4, -0.2) is 5.25 Å². The average molecular weight is 246 g/mol. The normalized spacial score (nSPS) is 10.7. The quantitative estimate of drug-likeness (QED) is 0.638. The summed E-state index contributed by atoms with van der Waals surface area (Å²) in [6.45, 7) is 4.32. The molecule has 1 aromatic rings. The number of hydrogen-bond donors (Lipinski definition) is 1. The first-order valence-electron chi connectivity index (χ1n) is 3.81. The Hall–Kier alpha value is -0.150. The lowest BCUT2D eigenvalue weighted by Gasteiger charge is -2.07. The molecule has 0 saturated heterocycles. The molecule has 0 radical (unpaired) electrons. The highest BCUT2D eigenvalue weighted by molar-refractivity contribution is 9.10. The van der Waals surface area contributed by atoms with Crippen LogP contribution in [0.4, 0.5) is 5.69 Å². The van der Waals surface area contributed by atoms with Crippen LogP contribution in [0.25, 0.3) is 0 Å². The largest absolute Gasteiger partial charge is 0.398 e. The van der Waals surface area contributed by atoms with Crippen molar-refractivity contribution in [1.29, 1.82) is 0 Å². The Balaban J connectivity index is 2.90. The summed E-state index contributed by atoms with van der Waals surface area (Å²) in [5.74, 6) is 0. The van der Waals surface area contributed by atoms with Crippen molar-refractivity contribution in [2.24, 2.45) is 0 Å². The Kier molecular flexibility index (Phi) is 3.47. The fraction of sp³-hybridized carbons (Fsp3) is 0.333. The van der Waals surface area contributed by atoms with E-state index in [9.17, 15) is 0 Å². The van der Waals surface area contributed by atoms with Gasteiger partial charge >= 0.3 is 0 Å². The van der Waals surface area contributed by atoms with Gasteiger partial charge in [0.05, 0.1) is 0 Å². The van der Waals surface area contributed by atoms with E-state index in [-0.39, 0.29) is 0 Å². The lowest BCUT2D eigenvalue weighted by atomic mass is 10.3. The molecule has 0 aliphatic carbocycles. The van der Waals surface area contributed by atoms with Crippen LogP contribution in [0.5, 0.6) is 0 Å². The molecular weight excluding hydrogens is 234 g/mol. The van der Waals surface area contributed by atoms with Gasteiger partial charge < -0.3 is 5.73 Å². The number of rotatable bonds is 2. The third-order valence-electron chi connectivity index (χ3n) is 1.34. The van der Waals surface area contributed by atoms with Crippen molar-refractivity contribution >= 4 is 33.4 Å². The summed E-state index contributed by atoms with van der Waals surface area (Å²) in [4.78, 5) is 1.15. The minimum Gasteiger partial charge on any atom is -0.398 e. The molecule has 1 aromatic carbocycles. The number of hydrogen-bond acceptors (Lipinski definition) is 2. The van der Waals surface area contributed by atoms with E-state index in [4.69, 9.17) is 5.73 Å². The van der Waals surface area contributed by atoms with Crippen LogP contribution >= 0.6 is 27.7 Å². The minimum atomic E-state index is 0.571. The van der Waals surface area contributed by atoms with Crippen molar-refractivity contribution in [3.63, 3.8) is 0 Å². The number of thioether (sulfide) groups is 1. The third kappa shape index (κ3) is 2.72. The second-order valence-electron chi connectivity index (χ2n) is 2.85. The van der Waals surface area contributed by atoms with Gasteiger partial charge in [-0.1, -0.05) is 29.8 Å². The molecule has 0 saturated carbocycles. The van der Waals surface area contributed by atoms with Crippen molar-refractivity contribution in [1.82, 2.24) is 0 Å². The molecule has 0 amide bonds. The van der Waals surface area contributed by atoms with Crippen LogP contribution in [0.2, 0.25) is 0 Å². The molecule has 0 aliphatic heterocycles. The van der Waals surface area contributed by atoms with Crippen molar-refractivity contribution < 1.29 is 0 Å². The molecule has 1 nitrogen and oxygen atoms in total. The Morgan fingerprint density at radius 2 is 2.08 bits per heavy atom. The van der Waals surface area contributed by atoms with Crippen LogP contribution in [0, 0.1) is 0 Å². The van der Waals surface area contributed by atoms with Crippen LogP contribution in [0.3, 0.4) is 0 Å². The summed E-state index contributed by atoms with van der Waals surface area (Å²) >= 11 is 5.20. The Bertz CT molecular complexity index is 273. The van der Waals surface area contributed by atoms with Crippen molar-refractivity contribution in [2.45, 2.75) is 24.0 Å². The summed E-state index contributed by atoms with van der Waals surface area (Å²) in [5.41, 5.74) is 6.65. The fourth-order valence-corrected chi connectivity index (χ4v) is 2.28. The van der Waals surface area contributed by atoms with Crippen LogP contribution < -0.4 is 5.73 Å². The Labute approximate surface area is 85.9 Å². The summed E-state index contributed by atoms with van der Waals surface area (Å²) in [6.07, 6.45) is 0. The predicted molar refractivity (Wildman–Crippen MR) is 59.5 cm³/mol. The van der Waals surface area contributed by atoms with Crippen LogP contribution in [0.1, 0.15) is 13.8 Å². The molecule has 12 heavy (non-hydrogen) atoms. The maximum absolute atomic E-state index is 5.80. The average Bonchev–Trinajstić information content (AvgIpc) is 1.96. The summed E-state index contributed by atoms with van der Waals surface area (Å²) in [7, 11) is 0. The topological polar surface area (TPSA) is 26.0 Å². The van der Waals surface area contributed by atoms with Gasteiger partial charge in [0.25, 0.3) is 0 Å². The fourth-order valence-electron chi connectivity index (χ4n) is 0.864. The van der Waals surface area contributed by atoms with Gasteiger partial charge in [-0.05, 0) is 18.2 Å². The predicted octanol–water partition coefficient (Wildman–Crippen LogP) is 3.53. The van der Waals surface area contributed by atoms with Gasteiger partial charge in [-0.15, -0.1) is 11.8 Å². The zero-order valence-electron chi connectivity index (χ0n) is 7.17. The SMILES string of the molecule is CC(C)Sc1cc(Br)ccc1N. The second kappa shape index (κ2) is 4.19. The van der Waals surface area contributed by atoms with E-state index in [0.29, 0.717) is 5.25 Å². The summed E-state index contributed by atoms with van der Waals surface area (Å²) in [5, 5.41) is 0.571. The van der Waals surface area contributed by atoms with E-state index < -0.39 is 0 Å². The molecule has 66 valence electrons. The zero-order chi connectivity index (χ0) is 9.14. The molecule has 0 spiro atoms. The Morgan fingerprint density at radius 1 is 1.42 bits per heavy atom. The molecule has 0 atom stereocenters. The molecule has 0 fully saturated rings. The van der Waals surface area contributed by atoms with Crippen LogP contribution in [0.15, 0.2) is 27.6 Å². The highest BCUT2D eigenvalue weighted by Crippen LogP contribution is 2.30. The molecule has 1 rings (SSSR count). The van der Waals surface area contributed by atoms with Gasteiger partial charge in [-0.2, -0.15) is 0 Å². The number of nitrogen functional groups attached to an aromatic ring is 1. The number of nitrogens with two attached hydrogens (primary N) is 1. The van der Waals surface area contributed by atoms with Crippen molar-refractivity contribution in [3.8, 4) is 0 Å². The highest BCUT2D eigenvalue weighted by atomic mass is 79.9. The standard InChI is InChI=1S/C9H12BrNS/c1-6(2)12-9-5-7(10)3-4-8(9)11/h3-6H,11H2,1-2H3. The molecule has 0 aliphatic rings. The summed E-state index contributed by atoms with van der Waals surface area (Å²) < 4.78 is 1.08. The first-order chi connectivity index (χ1) is 5.59. The van der Waals surface area contributed by atoms with Crippen molar-refractivity contribution in [3.05, 3.63) is 22.7 Å². The van der Waals surface area contributed by atoms with E-state index in [1.165, 1.54) is 0 Å². The van der Waals surface area contributed by atoms with E-state index in [2.05, 4.69) is 35.8 Å². The Morgan fingerprint density at radius 3 is 2.67 bits per heavy atom. The van der Waals surface area contributed by atoms with E-state index in [1.54, 1.807) is 11.8 Å². The van der Waals surface area contributed by atoms with Gasteiger partial charge in [0.1, 0.15) is 0 Å². The lowest BCUT2D eigenvalue weighted by molar-refractivity contribution is 1.11. The summed E-state index contributed by atoms with van der Waals surface area (Å²) in [6, 6.07) is 5.94. The van der Waals surface area contributed by atoms with Gasteiger partial charge in [0.15, 0.2) is 0 Å².